The van der Waals surface area contributed by atoms with Crippen molar-refractivity contribution in [3.63, 3.8) is 0 Å². The number of carbonyl (C=O) groups is 1. The number of hydrogen-bond acceptors (Lipinski definition) is 2. The largest absolute Gasteiger partial charge is 0.350 e. The lowest BCUT2D eigenvalue weighted by Gasteiger charge is -2.29. The van der Waals surface area contributed by atoms with Crippen LogP contribution in [0, 0.1) is 0 Å². The molecule has 4 heteroatoms. The van der Waals surface area contributed by atoms with Gasteiger partial charge in [-0.25, -0.2) is 10.2 Å². The van der Waals surface area contributed by atoms with E-state index in [1.807, 2.05) is 20.8 Å². The molecule has 3 N–H and O–H groups in total. The van der Waals surface area contributed by atoms with Gasteiger partial charge in [-0.2, -0.15) is 0 Å². The lowest BCUT2D eigenvalue weighted by Crippen LogP contribution is -2.53. The Morgan fingerprint density at radius 2 is 1.92 bits per heavy atom. The molecule has 0 aromatic rings. The fourth-order valence-corrected chi connectivity index (χ4v) is 0.919. The second-order valence-corrected chi connectivity index (χ2v) is 3.40. The fraction of sp³-hybridized carbons (Fsp3) is 0.889. The highest BCUT2D eigenvalue weighted by atomic mass is 16.2. The maximum Gasteiger partial charge on any atom is 0.329 e. The minimum Gasteiger partial charge on any atom is -0.350 e. The second kappa shape index (κ2) is 5.80. The molecule has 0 rings (SSSR count). The third-order valence-corrected chi connectivity index (χ3v) is 2.24. The quantitative estimate of drug-likeness (QED) is 0.640. The smallest absolute Gasteiger partial charge is 0.329 e. The van der Waals surface area contributed by atoms with Crippen LogP contribution in [0.1, 0.15) is 40.5 Å². The van der Waals surface area contributed by atoms with E-state index in [0.29, 0.717) is 0 Å². The number of hydrogen-bond donors (Lipinski definition) is 2. The molecular weight excluding hydrogens is 166 g/mol. The minimum absolute atomic E-state index is 0.145. The third-order valence-electron chi connectivity index (χ3n) is 2.24. The van der Waals surface area contributed by atoms with Crippen LogP contribution in [-0.2, 0) is 0 Å². The van der Waals surface area contributed by atoms with Gasteiger partial charge in [-0.3, -0.25) is 5.01 Å². The van der Waals surface area contributed by atoms with Crippen LogP contribution >= 0.6 is 0 Å². The van der Waals surface area contributed by atoms with Gasteiger partial charge in [-0.15, -0.1) is 0 Å². The van der Waals surface area contributed by atoms with Gasteiger partial charge in [0.05, 0.1) is 0 Å². The van der Waals surface area contributed by atoms with Crippen LogP contribution in [-0.4, -0.2) is 23.1 Å². The predicted molar refractivity (Wildman–Crippen MR) is 54.1 cm³/mol. The van der Waals surface area contributed by atoms with Crippen molar-refractivity contribution in [3.8, 4) is 0 Å². The summed E-state index contributed by atoms with van der Waals surface area (Å²) in [5, 5.41) is 1.51. The maximum absolute atomic E-state index is 11.0. The molecule has 78 valence electrons. The lowest BCUT2D eigenvalue weighted by molar-refractivity contribution is 0.134. The zero-order valence-corrected chi connectivity index (χ0v) is 9.00. The molecule has 4 nitrogen and oxygen atoms in total. The summed E-state index contributed by atoms with van der Waals surface area (Å²) in [5.74, 6) is 0. The zero-order chi connectivity index (χ0) is 10.4. The molecule has 0 bridgehead atoms. The summed E-state index contributed by atoms with van der Waals surface area (Å²) in [6.45, 7) is 8.09. The van der Waals surface area contributed by atoms with Crippen LogP contribution in [0.4, 0.5) is 4.79 Å². The van der Waals surface area contributed by atoms with E-state index in [-0.39, 0.29) is 12.1 Å². The number of rotatable bonds is 5. The van der Waals surface area contributed by atoms with Crippen molar-refractivity contribution in [2.45, 2.75) is 52.6 Å². The SMILES string of the molecule is CC[C@@H](C)NN(C(N)=O)[C@@H](C)CC. The maximum atomic E-state index is 11.0. The van der Waals surface area contributed by atoms with Gasteiger partial charge in [0.15, 0.2) is 0 Å². The van der Waals surface area contributed by atoms with Gasteiger partial charge in [0.1, 0.15) is 0 Å². The molecule has 0 unspecified atom stereocenters. The Balaban J connectivity index is 4.17. The Bertz CT molecular complexity index is 161. The van der Waals surface area contributed by atoms with Gasteiger partial charge < -0.3 is 5.73 Å². The Kier molecular flexibility index (Phi) is 5.46. The van der Waals surface area contributed by atoms with Crippen LogP contribution < -0.4 is 11.2 Å². The number of urea groups is 1. The molecule has 0 aliphatic heterocycles. The van der Waals surface area contributed by atoms with Crippen LogP contribution in [0.2, 0.25) is 0 Å². The summed E-state index contributed by atoms with van der Waals surface area (Å²) in [6, 6.07) is 0.0163. The number of nitrogens with one attached hydrogen (secondary N) is 1. The van der Waals surface area contributed by atoms with E-state index in [1.54, 1.807) is 0 Å². The van der Waals surface area contributed by atoms with Gasteiger partial charge in [0.2, 0.25) is 0 Å². The number of carbonyl (C=O) groups excluding carboxylic acids is 1. The molecular formula is C9H21N3O. The first-order chi connectivity index (χ1) is 6.02. The van der Waals surface area contributed by atoms with E-state index in [2.05, 4.69) is 12.3 Å². The molecule has 0 heterocycles. The first-order valence-electron chi connectivity index (χ1n) is 4.87. The summed E-state index contributed by atoms with van der Waals surface area (Å²) in [6.07, 6.45) is 1.87. The van der Waals surface area contributed by atoms with E-state index >= 15 is 0 Å². The highest BCUT2D eigenvalue weighted by Crippen LogP contribution is 2.01. The van der Waals surface area contributed by atoms with Crippen molar-refractivity contribution >= 4 is 6.03 Å². The molecule has 0 aromatic heterocycles. The van der Waals surface area contributed by atoms with Crippen molar-refractivity contribution in [2.24, 2.45) is 5.73 Å². The summed E-state index contributed by atoms with van der Waals surface area (Å²) in [7, 11) is 0. The Labute approximate surface area is 80.4 Å². The van der Waals surface area contributed by atoms with Gasteiger partial charge >= 0.3 is 6.03 Å². The highest BCUT2D eigenvalue weighted by molar-refractivity contribution is 5.71. The highest BCUT2D eigenvalue weighted by Gasteiger charge is 2.17. The molecule has 0 aliphatic carbocycles. The zero-order valence-electron chi connectivity index (χ0n) is 9.00. The van der Waals surface area contributed by atoms with Crippen molar-refractivity contribution in [3.05, 3.63) is 0 Å². The molecule has 13 heavy (non-hydrogen) atoms. The number of nitrogens with zero attached hydrogens (tertiary/aromatic N) is 1. The van der Waals surface area contributed by atoms with Crippen molar-refractivity contribution in [1.29, 1.82) is 0 Å². The molecule has 0 aliphatic rings. The van der Waals surface area contributed by atoms with Crippen molar-refractivity contribution in [1.82, 2.24) is 10.4 Å². The fourth-order valence-electron chi connectivity index (χ4n) is 0.919. The van der Waals surface area contributed by atoms with Gasteiger partial charge in [0, 0.05) is 12.1 Å². The summed E-state index contributed by atoms with van der Waals surface area (Å²) in [4.78, 5) is 11.0. The second-order valence-electron chi connectivity index (χ2n) is 3.40. The average molecular weight is 187 g/mol. The van der Waals surface area contributed by atoms with E-state index in [9.17, 15) is 4.79 Å². The van der Waals surface area contributed by atoms with Gasteiger partial charge in [-0.1, -0.05) is 13.8 Å². The van der Waals surface area contributed by atoms with E-state index in [1.165, 1.54) is 5.01 Å². The predicted octanol–water partition coefficient (Wildman–Crippen LogP) is 1.47. The minimum atomic E-state index is -0.408. The average Bonchev–Trinajstić information content (AvgIpc) is 2.11. The number of primary amides is 1. The molecule has 0 spiro atoms. The number of hydrazine groups is 1. The molecule has 2 atom stereocenters. The Morgan fingerprint density at radius 1 is 1.38 bits per heavy atom. The topological polar surface area (TPSA) is 58.4 Å². The molecule has 0 aromatic carbocycles. The first-order valence-corrected chi connectivity index (χ1v) is 4.87. The van der Waals surface area contributed by atoms with Crippen LogP contribution in [0.5, 0.6) is 0 Å². The van der Waals surface area contributed by atoms with Gasteiger partial charge in [0.25, 0.3) is 0 Å². The summed E-state index contributed by atoms with van der Waals surface area (Å²) < 4.78 is 0. The molecule has 0 saturated heterocycles. The molecule has 0 saturated carbocycles. The van der Waals surface area contributed by atoms with Crippen LogP contribution in [0.15, 0.2) is 0 Å². The van der Waals surface area contributed by atoms with E-state index < -0.39 is 6.03 Å². The van der Waals surface area contributed by atoms with Gasteiger partial charge in [-0.05, 0) is 26.7 Å². The first kappa shape index (κ1) is 12.2. The number of nitrogens with two attached hydrogens (primary N) is 1. The standard InChI is InChI=1S/C9H21N3O/c1-5-7(3)11-12(9(10)13)8(4)6-2/h7-8,11H,5-6H2,1-4H3,(H2,10,13)/t7-,8+/m1/s1. The lowest BCUT2D eigenvalue weighted by atomic mass is 10.2. The Morgan fingerprint density at radius 3 is 2.23 bits per heavy atom. The van der Waals surface area contributed by atoms with Crippen molar-refractivity contribution < 1.29 is 4.79 Å². The van der Waals surface area contributed by atoms with E-state index in [4.69, 9.17) is 5.73 Å². The number of amides is 2. The monoisotopic (exact) mass is 187 g/mol. The van der Waals surface area contributed by atoms with Crippen LogP contribution in [0.25, 0.3) is 0 Å². The molecule has 0 radical (unpaired) electrons. The van der Waals surface area contributed by atoms with E-state index in [0.717, 1.165) is 12.8 Å². The third kappa shape index (κ3) is 4.12. The molecule has 0 fully saturated rings. The van der Waals surface area contributed by atoms with Crippen molar-refractivity contribution in [2.75, 3.05) is 0 Å². The Hall–Kier alpha value is -0.770. The normalized spacial score (nSPS) is 15.1. The molecule has 2 amide bonds. The summed E-state index contributed by atoms with van der Waals surface area (Å²) >= 11 is 0. The van der Waals surface area contributed by atoms with Crippen LogP contribution in [0.3, 0.4) is 0 Å². The summed E-state index contributed by atoms with van der Waals surface area (Å²) in [5.41, 5.74) is 8.32.